The summed E-state index contributed by atoms with van der Waals surface area (Å²) in [6.45, 7) is 7.15. The molecule has 0 radical (unpaired) electrons. The Morgan fingerprint density at radius 3 is 2.50 bits per heavy atom. The van der Waals surface area contributed by atoms with Crippen LogP contribution in [0.1, 0.15) is 20.8 Å². The number of thiol groups is 1. The standard InChI is InChI=1S/C10H20N2OS/c1-10(2,3)8-13-9-6-7-12(11-9)14(4)5/h6-7,14H,8H2,1-5H3. The van der Waals surface area contributed by atoms with Crippen molar-refractivity contribution in [2.24, 2.45) is 5.41 Å². The first-order chi connectivity index (χ1) is 6.38. The van der Waals surface area contributed by atoms with Gasteiger partial charge >= 0.3 is 0 Å². The summed E-state index contributed by atoms with van der Waals surface area (Å²) in [4.78, 5) is 0. The topological polar surface area (TPSA) is 27.1 Å². The lowest BCUT2D eigenvalue weighted by molar-refractivity contribution is 0.191. The molecule has 0 fully saturated rings. The van der Waals surface area contributed by atoms with Crippen molar-refractivity contribution in [3.8, 4) is 5.88 Å². The maximum atomic E-state index is 5.58. The average Bonchev–Trinajstić information content (AvgIpc) is 2.47. The maximum Gasteiger partial charge on any atom is 0.233 e. The van der Waals surface area contributed by atoms with Crippen molar-refractivity contribution < 1.29 is 4.74 Å². The molecule has 0 bridgehead atoms. The molecule has 0 aliphatic rings. The number of ether oxygens (including phenoxy) is 1. The number of nitrogens with zero attached hydrogens (tertiary/aromatic N) is 2. The molecule has 3 nitrogen and oxygen atoms in total. The molecule has 14 heavy (non-hydrogen) atoms. The molecule has 0 aliphatic heterocycles. The zero-order valence-corrected chi connectivity index (χ0v) is 10.5. The number of hydrogen-bond acceptors (Lipinski definition) is 2. The summed E-state index contributed by atoms with van der Waals surface area (Å²) in [5.41, 5.74) is 0.187. The normalized spacial score (nSPS) is 12.8. The molecule has 4 heteroatoms. The van der Waals surface area contributed by atoms with Gasteiger partial charge in [-0.3, -0.25) is 0 Å². The zero-order chi connectivity index (χ0) is 10.8. The van der Waals surface area contributed by atoms with E-state index >= 15 is 0 Å². The van der Waals surface area contributed by atoms with Gasteiger partial charge in [0.25, 0.3) is 0 Å². The van der Waals surface area contributed by atoms with Gasteiger partial charge in [0.2, 0.25) is 5.88 Å². The van der Waals surface area contributed by atoms with E-state index in [9.17, 15) is 0 Å². The molecule has 1 aromatic rings. The van der Waals surface area contributed by atoms with E-state index in [1.165, 1.54) is 0 Å². The largest absolute Gasteiger partial charge is 0.476 e. The van der Waals surface area contributed by atoms with Crippen molar-refractivity contribution in [1.29, 1.82) is 0 Å². The van der Waals surface area contributed by atoms with E-state index in [2.05, 4.69) is 38.4 Å². The maximum absolute atomic E-state index is 5.58. The van der Waals surface area contributed by atoms with Crippen LogP contribution in [0, 0.1) is 5.41 Å². The van der Waals surface area contributed by atoms with Gasteiger partial charge in [-0.05, 0) is 17.9 Å². The molecular weight excluding hydrogens is 196 g/mol. The number of aromatic nitrogens is 2. The van der Waals surface area contributed by atoms with Crippen molar-refractivity contribution in [2.45, 2.75) is 20.8 Å². The van der Waals surface area contributed by atoms with Gasteiger partial charge in [-0.1, -0.05) is 20.8 Å². The van der Waals surface area contributed by atoms with Crippen molar-refractivity contribution >= 4 is 11.1 Å². The lowest BCUT2D eigenvalue weighted by atomic mass is 9.99. The van der Waals surface area contributed by atoms with Crippen LogP contribution in [0.4, 0.5) is 0 Å². The Kier molecular flexibility index (Phi) is 3.48. The second-order valence-corrected chi connectivity index (χ2v) is 6.88. The molecule has 0 N–H and O–H groups in total. The lowest BCUT2D eigenvalue weighted by Crippen LogP contribution is -2.17. The molecule has 82 valence electrons. The first-order valence-electron chi connectivity index (χ1n) is 4.74. The molecule has 0 unspecified atom stereocenters. The molecule has 1 heterocycles. The van der Waals surface area contributed by atoms with Crippen LogP contribution in [-0.4, -0.2) is 28.3 Å². The average molecular weight is 216 g/mol. The highest BCUT2D eigenvalue weighted by molar-refractivity contribution is 8.14. The van der Waals surface area contributed by atoms with E-state index in [1.807, 2.05) is 16.4 Å². The molecule has 0 atom stereocenters. The third kappa shape index (κ3) is 3.62. The van der Waals surface area contributed by atoms with Gasteiger partial charge in [-0.25, -0.2) is 4.09 Å². The van der Waals surface area contributed by atoms with Crippen molar-refractivity contribution in [1.82, 2.24) is 9.19 Å². The molecule has 0 amide bonds. The molecule has 0 saturated carbocycles. The summed E-state index contributed by atoms with van der Waals surface area (Å²) in [6, 6.07) is 1.92. The molecule has 1 aromatic heterocycles. The Morgan fingerprint density at radius 2 is 2.07 bits per heavy atom. The van der Waals surface area contributed by atoms with Crippen LogP contribution in [0.5, 0.6) is 5.88 Å². The number of hydrogen-bond donors (Lipinski definition) is 1. The third-order valence-electron chi connectivity index (χ3n) is 1.61. The first kappa shape index (κ1) is 11.4. The predicted molar refractivity (Wildman–Crippen MR) is 63.4 cm³/mol. The van der Waals surface area contributed by atoms with Gasteiger partial charge in [-0.2, -0.15) is 11.1 Å². The quantitative estimate of drug-likeness (QED) is 0.785. The summed E-state index contributed by atoms with van der Waals surface area (Å²) in [7, 11) is 0. The molecule has 0 spiro atoms. The van der Waals surface area contributed by atoms with Gasteiger partial charge in [0.1, 0.15) is 0 Å². The minimum absolute atomic E-state index is 0.187. The van der Waals surface area contributed by atoms with Gasteiger partial charge in [0.15, 0.2) is 0 Å². The Labute approximate surface area is 88.9 Å². The smallest absolute Gasteiger partial charge is 0.233 e. The minimum Gasteiger partial charge on any atom is -0.476 e. The second-order valence-electron chi connectivity index (χ2n) is 4.77. The van der Waals surface area contributed by atoms with E-state index in [4.69, 9.17) is 4.74 Å². The summed E-state index contributed by atoms with van der Waals surface area (Å²) in [5, 5.41) is 4.34. The Bertz CT molecular complexity index is 289. The first-order valence-corrected chi connectivity index (χ1v) is 6.93. The summed E-state index contributed by atoms with van der Waals surface area (Å²) in [6.07, 6.45) is 6.30. The summed E-state index contributed by atoms with van der Waals surface area (Å²) < 4.78 is 7.55. The Balaban J connectivity index is 2.52. The fourth-order valence-corrected chi connectivity index (χ4v) is 1.49. The van der Waals surface area contributed by atoms with Gasteiger partial charge in [0.05, 0.1) is 6.61 Å². The van der Waals surface area contributed by atoms with Crippen molar-refractivity contribution in [3.05, 3.63) is 12.3 Å². The van der Waals surface area contributed by atoms with Crippen LogP contribution in [0.3, 0.4) is 0 Å². The highest BCUT2D eigenvalue weighted by Gasteiger charge is 2.12. The van der Waals surface area contributed by atoms with Gasteiger partial charge in [-0.15, -0.1) is 5.10 Å². The van der Waals surface area contributed by atoms with E-state index < -0.39 is 0 Å². The van der Waals surface area contributed by atoms with Crippen LogP contribution in [-0.2, 0) is 0 Å². The third-order valence-corrected chi connectivity index (χ3v) is 2.66. The molecular formula is C10H20N2OS. The molecule has 0 aromatic carbocycles. The molecule has 1 rings (SSSR count). The number of rotatable bonds is 3. The van der Waals surface area contributed by atoms with Crippen LogP contribution < -0.4 is 4.74 Å². The van der Waals surface area contributed by atoms with Crippen molar-refractivity contribution in [2.75, 3.05) is 19.1 Å². The fraction of sp³-hybridized carbons (Fsp3) is 0.700. The van der Waals surface area contributed by atoms with E-state index in [1.54, 1.807) is 0 Å². The zero-order valence-electron chi connectivity index (χ0n) is 9.61. The van der Waals surface area contributed by atoms with E-state index in [0.717, 1.165) is 5.88 Å². The Morgan fingerprint density at radius 1 is 1.43 bits per heavy atom. The highest BCUT2D eigenvalue weighted by atomic mass is 32.2. The van der Waals surface area contributed by atoms with E-state index in [0.29, 0.717) is 6.61 Å². The SMILES string of the molecule is C[SH](C)n1ccc(OCC(C)(C)C)n1. The van der Waals surface area contributed by atoms with E-state index in [-0.39, 0.29) is 16.5 Å². The molecule has 0 aliphatic carbocycles. The van der Waals surface area contributed by atoms with Crippen LogP contribution >= 0.6 is 11.1 Å². The summed E-state index contributed by atoms with van der Waals surface area (Å²) >= 11 is -0.188. The van der Waals surface area contributed by atoms with Gasteiger partial charge < -0.3 is 4.74 Å². The van der Waals surface area contributed by atoms with Crippen LogP contribution in [0.2, 0.25) is 0 Å². The lowest BCUT2D eigenvalue weighted by Gasteiger charge is -2.17. The van der Waals surface area contributed by atoms with Crippen molar-refractivity contribution in [3.63, 3.8) is 0 Å². The Hall–Kier alpha value is -0.640. The predicted octanol–water partition coefficient (Wildman–Crippen LogP) is 2.33. The second kappa shape index (κ2) is 4.26. The van der Waals surface area contributed by atoms with Crippen LogP contribution in [0.25, 0.3) is 0 Å². The van der Waals surface area contributed by atoms with Crippen LogP contribution in [0.15, 0.2) is 12.3 Å². The van der Waals surface area contributed by atoms with Gasteiger partial charge in [0, 0.05) is 12.3 Å². The monoisotopic (exact) mass is 216 g/mol. The summed E-state index contributed by atoms with van der Waals surface area (Å²) in [5.74, 6) is 0.733. The highest BCUT2D eigenvalue weighted by Crippen LogP contribution is 2.20. The molecule has 0 saturated heterocycles. The minimum atomic E-state index is -0.188. The fourth-order valence-electron chi connectivity index (χ4n) is 0.888.